The molecule has 0 saturated heterocycles. The topological polar surface area (TPSA) is 109 Å². The number of carbonyl (C=O) groups excluding carboxylic acids is 1. The maximum Gasteiger partial charge on any atom is 0.221 e. The lowest BCUT2D eigenvalue weighted by molar-refractivity contribution is -0.114. The van der Waals surface area contributed by atoms with Crippen LogP contribution in [0.5, 0.6) is 0 Å². The van der Waals surface area contributed by atoms with E-state index in [2.05, 4.69) is 15.3 Å². The van der Waals surface area contributed by atoms with E-state index in [1.54, 1.807) is 18.2 Å². The van der Waals surface area contributed by atoms with Gasteiger partial charge in [0.25, 0.3) is 0 Å². The van der Waals surface area contributed by atoms with Crippen molar-refractivity contribution in [2.24, 2.45) is 0 Å². The summed E-state index contributed by atoms with van der Waals surface area (Å²) in [6.07, 6.45) is 0.923. The molecule has 3 rings (SSSR count). The van der Waals surface area contributed by atoms with Gasteiger partial charge in [0.15, 0.2) is 9.84 Å². The monoisotopic (exact) mass is 399 g/mol. The summed E-state index contributed by atoms with van der Waals surface area (Å²) in [6.45, 7) is 1.38. The van der Waals surface area contributed by atoms with E-state index in [0.29, 0.717) is 41.0 Å². The van der Waals surface area contributed by atoms with E-state index in [1.807, 2.05) is 18.2 Å². The minimum atomic E-state index is -3.65. The number of nitrogens with one attached hydrogen (secondary N) is 1. The van der Waals surface area contributed by atoms with E-state index in [-0.39, 0.29) is 23.2 Å². The number of para-hydroxylation sites is 2. The van der Waals surface area contributed by atoms with Crippen LogP contribution in [-0.2, 0) is 26.8 Å². The maximum atomic E-state index is 12.9. The van der Waals surface area contributed by atoms with Crippen LogP contribution in [0.3, 0.4) is 0 Å². The highest BCUT2D eigenvalue weighted by molar-refractivity contribution is 7.90. The number of amides is 1. The summed E-state index contributed by atoms with van der Waals surface area (Å²) in [6, 6.07) is 13.3. The second-order valence-electron chi connectivity index (χ2n) is 6.40. The van der Waals surface area contributed by atoms with Crippen LogP contribution in [-0.4, -0.2) is 36.0 Å². The van der Waals surface area contributed by atoms with Crippen molar-refractivity contribution in [3.05, 3.63) is 59.9 Å². The number of aliphatic hydroxyl groups is 1. The third kappa shape index (κ3) is 4.71. The molecule has 0 saturated carbocycles. The molecule has 1 amide bonds. The fourth-order valence-corrected chi connectivity index (χ4v) is 4.16. The third-order valence-corrected chi connectivity index (χ3v) is 5.80. The number of anilines is 1. The normalized spacial score (nSPS) is 11.5. The smallest absolute Gasteiger partial charge is 0.221 e. The molecule has 0 unspecified atom stereocenters. The van der Waals surface area contributed by atoms with Gasteiger partial charge in [0, 0.05) is 19.2 Å². The fraction of sp³-hybridized carbons (Fsp3) is 0.250. The number of aliphatic hydroxyl groups excluding tert-OH is 1. The van der Waals surface area contributed by atoms with Gasteiger partial charge in [-0.25, -0.2) is 18.4 Å². The first kappa shape index (κ1) is 19.9. The van der Waals surface area contributed by atoms with Crippen molar-refractivity contribution in [1.29, 1.82) is 0 Å². The summed E-state index contributed by atoms with van der Waals surface area (Å²) in [7, 11) is -3.65. The lowest BCUT2D eigenvalue weighted by atomic mass is 10.2. The Morgan fingerprint density at radius 2 is 1.61 bits per heavy atom. The largest absolute Gasteiger partial charge is 0.396 e. The molecule has 0 spiro atoms. The molecule has 0 radical (unpaired) electrons. The molecule has 2 N–H and O–H groups in total. The molecule has 0 aliphatic carbocycles. The van der Waals surface area contributed by atoms with Crippen molar-refractivity contribution in [3.63, 3.8) is 0 Å². The van der Waals surface area contributed by atoms with Crippen molar-refractivity contribution in [3.8, 4) is 0 Å². The Labute approximate surface area is 163 Å². The Bertz CT molecular complexity index is 1100. The number of carbonyl (C=O) groups is 1. The number of rotatable bonds is 7. The zero-order valence-corrected chi connectivity index (χ0v) is 16.2. The van der Waals surface area contributed by atoms with E-state index in [1.165, 1.54) is 19.1 Å². The van der Waals surface area contributed by atoms with Crippen LogP contribution in [0.1, 0.15) is 24.7 Å². The molecule has 0 aliphatic heterocycles. The number of nitrogens with zero attached hydrogens (tertiary/aromatic N) is 2. The molecule has 0 fully saturated rings. The van der Waals surface area contributed by atoms with Gasteiger partial charge in [-0.05, 0) is 49.2 Å². The Hall–Kier alpha value is -2.84. The first-order valence-corrected chi connectivity index (χ1v) is 10.5. The van der Waals surface area contributed by atoms with Crippen LogP contribution in [0.4, 0.5) is 5.69 Å². The van der Waals surface area contributed by atoms with Crippen LogP contribution < -0.4 is 5.32 Å². The first-order chi connectivity index (χ1) is 13.4. The highest BCUT2D eigenvalue weighted by Crippen LogP contribution is 2.22. The predicted octanol–water partition coefficient (Wildman–Crippen LogP) is 2.49. The molecular weight excluding hydrogens is 378 g/mol. The van der Waals surface area contributed by atoms with Gasteiger partial charge in [0.05, 0.1) is 33.1 Å². The molecule has 146 valence electrons. The van der Waals surface area contributed by atoms with Gasteiger partial charge in [-0.15, -0.1) is 0 Å². The van der Waals surface area contributed by atoms with E-state index in [4.69, 9.17) is 5.11 Å². The second kappa shape index (κ2) is 8.45. The van der Waals surface area contributed by atoms with Crippen LogP contribution in [0, 0.1) is 0 Å². The van der Waals surface area contributed by atoms with Crippen LogP contribution in [0.25, 0.3) is 11.0 Å². The molecule has 2 aromatic carbocycles. The van der Waals surface area contributed by atoms with E-state index in [9.17, 15) is 13.2 Å². The number of aryl methyl sites for hydroxylation is 1. The van der Waals surface area contributed by atoms with Gasteiger partial charge < -0.3 is 10.4 Å². The number of benzene rings is 2. The minimum absolute atomic E-state index is 0.00862. The predicted molar refractivity (Wildman–Crippen MR) is 107 cm³/mol. The summed E-state index contributed by atoms with van der Waals surface area (Å²) in [5, 5.41) is 11.7. The van der Waals surface area contributed by atoms with Gasteiger partial charge in [-0.2, -0.15) is 0 Å². The molecular formula is C20H21N3O4S. The Morgan fingerprint density at radius 3 is 2.18 bits per heavy atom. The van der Waals surface area contributed by atoms with Crippen molar-refractivity contribution < 1.29 is 18.3 Å². The van der Waals surface area contributed by atoms with Gasteiger partial charge in [-0.1, -0.05) is 12.1 Å². The highest BCUT2D eigenvalue weighted by Gasteiger charge is 2.20. The zero-order chi connectivity index (χ0) is 20.1. The van der Waals surface area contributed by atoms with E-state index >= 15 is 0 Å². The Kier molecular flexibility index (Phi) is 6.01. The van der Waals surface area contributed by atoms with Gasteiger partial charge in [0.1, 0.15) is 0 Å². The number of sulfone groups is 1. The van der Waals surface area contributed by atoms with Crippen molar-refractivity contribution in [1.82, 2.24) is 9.97 Å². The summed E-state index contributed by atoms with van der Waals surface area (Å²) >= 11 is 0. The molecule has 1 heterocycles. The van der Waals surface area contributed by atoms with Crippen LogP contribution >= 0.6 is 0 Å². The molecule has 0 aliphatic rings. The number of hydrogen-bond donors (Lipinski definition) is 2. The molecule has 7 nitrogen and oxygen atoms in total. The average molecular weight is 399 g/mol. The number of hydrogen-bond acceptors (Lipinski definition) is 6. The van der Waals surface area contributed by atoms with Crippen molar-refractivity contribution >= 4 is 32.5 Å². The second-order valence-corrected chi connectivity index (χ2v) is 8.39. The highest BCUT2D eigenvalue weighted by atomic mass is 32.2. The average Bonchev–Trinajstić information content (AvgIpc) is 2.66. The van der Waals surface area contributed by atoms with Crippen LogP contribution in [0.15, 0.2) is 53.4 Å². The summed E-state index contributed by atoms with van der Waals surface area (Å²) < 4.78 is 25.8. The van der Waals surface area contributed by atoms with E-state index < -0.39 is 9.84 Å². The summed E-state index contributed by atoms with van der Waals surface area (Å²) in [5.41, 5.74) is 2.81. The zero-order valence-electron chi connectivity index (χ0n) is 15.4. The summed E-state index contributed by atoms with van der Waals surface area (Å²) in [4.78, 5) is 20.3. The fourth-order valence-electron chi connectivity index (χ4n) is 2.85. The minimum Gasteiger partial charge on any atom is -0.396 e. The lowest BCUT2D eigenvalue weighted by Gasteiger charge is -2.11. The maximum absolute atomic E-state index is 12.9. The number of aromatic nitrogens is 2. The van der Waals surface area contributed by atoms with Crippen molar-refractivity contribution in [2.45, 2.75) is 30.4 Å². The molecule has 0 atom stereocenters. The quantitative estimate of drug-likeness (QED) is 0.632. The molecule has 0 bridgehead atoms. The molecule has 28 heavy (non-hydrogen) atoms. The molecule has 8 heteroatoms. The summed E-state index contributed by atoms with van der Waals surface area (Å²) in [5.74, 6) is -0.513. The lowest BCUT2D eigenvalue weighted by Crippen LogP contribution is -2.11. The Balaban J connectivity index is 1.94. The standard InChI is InChI=1S/C20H21N3O4S/c1-14(25)21-15-8-10-16(11-9-15)28(26,27)13-20-19(7-4-12-24)22-17-5-2-3-6-18(17)23-20/h2-3,5-6,8-11,24H,4,7,12-13H2,1H3,(H,21,25). The SMILES string of the molecule is CC(=O)Nc1ccc(S(=O)(=O)Cc2nc3ccccc3nc2CCCO)cc1. The van der Waals surface area contributed by atoms with Gasteiger partial charge >= 0.3 is 0 Å². The van der Waals surface area contributed by atoms with Gasteiger partial charge in [-0.3, -0.25) is 4.79 Å². The Morgan fingerprint density at radius 1 is 1.00 bits per heavy atom. The molecule has 3 aromatic rings. The van der Waals surface area contributed by atoms with E-state index in [0.717, 1.165) is 0 Å². The third-order valence-electron chi connectivity index (χ3n) is 4.16. The first-order valence-electron chi connectivity index (χ1n) is 8.85. The van der Waals surface area contributed by atoms with Crippen LogP contribution in [0.2, 0.25) is 0 Å². The van der Waals surface area contributed by atoms with Crippen molar-refractivity contribution in [2.75, 3.05) is 11.9 Å². The molecule has 1 aromatic heterocycles. The van der Waals surface area contributed by atoms with Gasteiger partial charge in [0.2, 0.25) is 5.91 Å². The number of fused-ring (bicyclic) bond motifs is 1.